The first-order valence-electron chi connectivity index (χ1n) is 7.37. The van der Waals surface area contributed by atoms with Crippen molar-refractivity contribution in [3.05, 3.63) is 70.8 Å². The van der Waals surface area contributed by atoms with Crippen molar-refractivity contribution in [2.75, 3.05) is 0 Å². The molecule has 2 aromatic rings. The van der Waals surface area contributed by atoms with Crippen LogP contribution in [0.2, 0.25) is 0 Å². The zero-order valence-electron chi connectivity index (χ0n) is 12.8. The Bertz CT molecular complexity index is 483. The molecule has 20 heavy (non-hydrogen) atoms. The zero-order chi connectivity index (χ0) is 14.7. The molecule has 0 unspecified atom stereocenters. The Balaban J connectivity index is 2.19. The summed E-state index contributed by atoms with van der Waals surface area (Å²) in [5, 5.41) is 10.5. The second kappa shape index (κ2) is 6.23. The fraction of sp³-hybridized carbons (Fsp3) is 0.368. The number of benzene rings is 2. The van der Waals surface area contributed by atoms with Gasteiger partial charge in [0.05, 0.1) is 0 Å². The molecule has 0 saturated carbocycles. The van der Waals surface area contributed by atoms with E-state index in [-0.39, 0.29) is 0 Å². The van der Waals surface area contributed by atoms with Gasteiger partial charge in [-0.1, -0.05) is 76.2 Å². The highest BCUT2D eigenvalue weighted by Crippen LogP contribution is 2.25. The normalized spacial score (nSPS) is 11.6. The highest BCUT2D eigenvalue weighted by atomic mass is 16.3. The van der Waals surface area contributed by atoms with Crippen LogP contribution in [0.3, 0.4) is 0 Å². The van der Waals surface area contributed by atoms with Crippen LogP contribution in [0.5, 0.6) is 0 Å². The number of rotatable bonds is 4. The van der Waals surface area contributed by atoms with Crippen LogP contribution in [0.1, 0.15) is 67.9 Å². The molecule has 2 rings (SSSR count). The van der Waals surface area contributed by atoms with Crippen molar-refractivity contribution in [3.63, 3.8) is 0 Å². The second-order valence-corrected chi connectivity index (χ2v) is 6.05. The summed E-state index contributed by atoms with van der Waals surface area (Å²) >= 11 is 0. The maximum atomic E-state index is 10.5. The van der Waals surface area contributed by atoms with Gasteiger partial charge in [0.1, 0.15) is 6.10 Å². The highest BCUT2D eigenvalue weighted by Gasteiger charge is 2.11. The predicted octanol–water partition coefficient (Wildman–Crippen LogP) is 5.02. The molecule has 0 atom stereocenters. The lowest BCUT2D eigenvalue weighted by atomic mass is 9.95. The molecular formula is C19H24O. The smallest absolute Gasteiger partial charge is 0.104 e. The van der Waals surface area contributed by atoms with Crippen LogP contribution in [0.15, 0.2) is 48.5 Å². The standard InChI is InChI=1S/C19H24O/c1-13(2)15-5-9-17(10-6-15)19(20)18-11-7-16(8-12-18)14(3)4/h5-14,19-20H,1-4H3. The summed E-state index contributed by atoms with van der Waals surface area (Å²) in [4.78, 5) is 0. The fourth-order valence-corrected chi connectivity index (χ4v) is 2.32. The van der Waals surface area contributed by atoms with Crippen LogP contribution < -0.4 is 0 Å². The van der Waals surface area contributed by atoms with E-state index < -0.39 is 6.10 Å². The lowest BCUT2D eigenvalue weighted by Crippen LogP contribution is -2.00. The molecule has 0 heterocycles. The zero-order valence-corrected chi connectivity index (χ0v) is 12.8. The van der Waals surface area contributed by atoms with E-state index in [0.717, 1.165) is 11.1 Å². The molecule has 0 amide bonds. The van der Waals surface area contributed by atoms with Crippen molar-refractivity contribution in [2.45, 2.75) is 45.6 Å². The van der Waals surface area contributed by atoms with Crippen molar-refractivity contribution in [1.82, 2.24) is 0 Å². The van der Waals surface area contributed by atoms with Crippen molar-refractivity contribution in [2.24, 2.45) is 0 Å². The van der Waals surface area contributed by atoms with Crippen LogP contribution in [0.25, 0.3) is 0 Å². The van der Waals surface area contributed by atoms with Gasteiger partial charge in [-0.05, 0) is 34.1 Å². The molecule has 0 aromatic heterocycles. The van der Waals surface area contributed by atoms with Crippen LogP contribution in [-0.4, -0.2) is 5.11 Å². The SMILES string of the molecule is CC(C)c1ccc(C(O)c2ccc(C(C)C)cc2)cc1. The minimum atomic E-state index is -0.544. The first-order chi connectivity index (χ1) is 9.49. The van der Waals surface area contributed by atoms with E-state index in [1.54, 1.807) is 0 Å². The molecule has 1 heteroatoms. The molecule has 1 nitrogen and oxygen atoms in total. The van der Waals surface area contributed by atoms with E-state index in [1.807, 2.05) is 24.3 Å². The van der Waals surface area contributed by atoms with Gasteiger partial charge in [-0.2, -0.15) is 0 Å². The van der Waals surface area contributed by atoms with Gasteiger partial charge < -0.3 is 5.11 Å². The van der Waals surface area contributed by atoms with Crippen molar-refractivity contribution < 1.29 is 5.11 Å². The quantitative estimate of drug-likeness (QED) is 0.826. The van der Waals surface area contributed by atoms with Crippen LogP contribution in [0, 0.1) is 0 Å². The van der Waals surface area contributed by atoms with E-state index >= 15 is 0 Å². The van der Waals surface area contributed by atoms with Crippen LogP contribution in [0.4, 0.5) is 0 Å². The third-order valence-electron chi connectivity index (χ3n) is 3.84. The summed E-state index contributed by atoms with van der Waals surface area (Å²) in [5.74, 6) is 1.04. The molecule has 1 N–H and O–H groups in total. The summed E-state index contributed by atoms with van der Waals surface area (Å²) < 4.78 is 0. The molecule has 0 aliphatic rings. The largest absolute Gasteiger partial charge is 0.384 e. The van der Waals surface area contributed by atoms with Gasteiger partial charge in [0, 0.05) is 0 Å². The van der Waals surface area contributed by atoms with Gasteiger partial charge in [-0.25, -0.2) is 0 Å². The summed E-state index contributed by atoms with van der Waals surface area (Å²) in [5.41, 5.74) is 4.51. The van der Waals surface area contributed by atoms with E-state index in [0.29, 0.717) is 11.8 Å². The molecule has 0 fully saturated rings. The lowest BCUT2D eigenvalue weighted by molar-refractivity contribution is 0.220. The molecule has 0 bridgehead atoms. The summed E-state index contributed by atoms with van der Waals surface area (Å²) in [7, 11) is 0. The monoisotopic (exact) mass is 268 g/mol. The molecule has 0 saturated heterocycles. The van der Waals surface area contributed by atoms with Gasteiger partial charge in [0.25, 0.3) is 0 Å². The first-order valence-corrected chi connectivity index (χ1v) is 7.37. The average molecular weight is 268 g/mol. The van der Waals surface area contributed by atoms with Gasteiger partial charge in [-0.15, -0.1) is 0 Å². The first kappa shape index (κ1) is 14.8. The summed E-state index contributed by atoms with van der Waals surface area (Å²) in [6.45, 7) is 8.71. The fourth-order valence-electron chi connectivity index (χ4n) is 2.32. The minimum Gasteiger partial charge on any atom is -0.384 e. The van der Waals surface area contributed by atoms with Crippen molar-refractivity contribution >= 4 is 0 Å². The van der Waals surface area contributed by atoms with Crippen molar-refractivity contribution in [3.8, 4) is 0 Å². The number of hydrogen-bond donors (Lipinski definition) is 1. The molecular weight excluding hydrogens is 244 g/mol. The Morgan fingerprint density at radius 2 is 0.800 bits per heavy atom. The molecule has 0 radical (unpaired) electrons. The Labute approximate surface area is 122 Å². The average Bonchev–Trinajstić information content (AvgIpc) is 2.46. The number of aliphatic hydroxyl groups is 1. The van der Waals surface area contributed by atoms with E-state index in [4.69, 9.17) is 0 Å². The Morgan fingerprint density at radius 3 is 1.05 bits per heavy atom. The highest BCUT2D eigenvalue weighted by molar-refractivity contribution is 5.34. The molecule has 0 spiro atoms. The maximum Gasteiger partial charge on any atom is 0.104 e. The van der Waals surface area contributed by atoms with E-state index in [1.165, 1.54) is 11.1 Å². The molecule has 0 aliphatic carbocycles. The Hall–Kier alpha value is -1.60. The molecule has 2 aromatic carbocycles. The summed E-state index contributed by atoms with van der Waals surface area (Å²) in [6.07, 6.45) is -0.544. The molecule has 106 valence electrons. The third kappa shape index (κ3) is 3.29. The van der Waals surface area contributed by atoms with Gasteiger partial charge in [0.15, 0.2) is 0 Å². The number of hydrogen-bond acceptors (Lipinski definition) is 1. The Morgan fingerprint density at radius 1 is 0.550 bits per heavy atom. The van der Waals surface area contributed by atoms with Crippen LogP contribution >= 0.6 is 0 Å². The predicted molar refractivity (Wildman–Crippen MR) is 85.1 cm³/mol. The van der Waals surface area contributed by atoms with Gasteiger partial charge >= 0.3 is 0 Å². The minimum absolute atomic E-state index is 0.520. The van der Waals surface area contributed by atoms with E-state index in [2.05, 4.69) is 52.0 Å². The number of aliphatic hydroxyl groups excluding tert-OH is 1. The van der Waals surface area contributed by atoms with Crippen LogP contribution in [-0.2, 0) is 0 Å². The van der Waals surface area contributed by atoms with Gasteiger partial charge in [0.2, 0.25) is 0 Å². The van der Waals surface area contributed by atoms with E-state index in [9.17, 15) is 5.11 Å². The lowest BCUT2D eigenvalue weighted by Gasteiger charge is -2.14. The van der Waals surface area contributed by atoms with Gasteiger partial charge in [-0.3, -0.25) is 0 Å². The second-order valence-electron chi connectivity index (χ2n) is 6.05. The third-order valence-corrected chi connectivity index (χ3v) is 3.84. The Kier molecular flexibility index (Phi) is 4.61. The maximum absolute atomic E-state index is 10.5. The topological polar surface area (TPSA) is 20.2 Å². The van der Waals surface area contributed by atoms with Crippen molar-refractivity contribution in [1.29, 1.82) is 0 Å². The summed E-state index contributed by atoms with van der Waals surface area (Å²) in [6, 6.07) is 16.5. The molecule has 0 aliphatic heterocycles.